The topological polar surface area (TPSA) is 20.2 Å². The lowest BCUT2D eigenvalue weighted by molar-refractivity contribution is 0.163. The van der Waals surface area contributed by atoms with Crippen LogP contribution in [-0.2, 0) is 0 Å². The molecular formula is C15H22BrFO. The maximum atomic E-state index is 13.1. The van der Waals surface area contributed by atoms with E-state index in [-0.39, 0.29) is 5.82 Å². The molecule has 3 heteroatoms. The molecule has 1 nitrogen and oxygen atoms in total. The molecule has 0 saturated carbocycles. The first-order chi connectivity index (χ1) is 8.65. The summed E-state index contributed by atoms with van der Waals surface area (Å²) >= 11 is 3.14. The molecule has 0 heterocycles. The zero-order valence-electron chi connectivity index (χ0n) is 11.0. The van der Waals surface area contributed by atoms with Gasteiger partial charge in [-0.15, -0.1) is 0 Å². The van der Waals surface area contributed by atoms with Crippen LogP contribution in [0.3, 0.4) is 0 Å². The number of aliphatic hydroxyl groups excluding tert-OH is 1. The number of halogens is 2. The summed E-state index contributed by atoms with van der Waals surface area (Å²) in [5, 5.41) is 10.00. The second-order valence-electron chi connectivity index (χ2n) is 4.75. The van der Waals surface area contributed by atoms with E-state index in [1.54, 1.807) is 12.1 Å². The average Bonchev–Trinajstić information content (AvgIpc) is 2.36. The molecule has 0 saturated heterocycles. The van der Waals surface area contributed by atoms with Crippen LogP contribution in [0.4, 0.5) is 4.39 Å². The van der Waals surface area contributed by atoms with Crippen molar-refractivity contribution in [2.75, 3.05) is 0 Å². The summed E-state index contributed by atoms with van der Waals surface area (Å²) in [6, 6.07) is 4.71. The highest BCUT2D eigenvalue weighted by molar-refractivity contribution is 9.10. The minimum atomic E-state index is -0.479. The number of hydrogen-bond donors (Lipinski definition) is 1. The van der Waals surface area contributed by atoms with Gasteiger partial charge in [-0.3, -0.25) is 0 Å². The zero-order valence-corrected chi connectivity index (χ0v) is 12.5. The Bertz CT molecular complexity index is 354. The molecule has 1 atom stereocenters. The van der Waals surface area contributed by atoms with Crippen molar-refractivity contribution in [3.63, 3.8) is 0 Å². The molecule has 1 unspecified atom stereocenters. The molecule has 1 N–H and O–H groups in total. The van der Waals surface area contributed by atoms with Gasteiger partial charge in [0, 0.05) is 0 Å². The van der Waals surface area contributed by atoms with E-state index in [1.807, 2.05) is 0 Å². The van der Waals surface area contributed by atoms with Crippen molar-refractivity contribution in [2.45, 2.75) is 58.0 Å². The van der Waals surface area contributed by atoms with Gasteiger partial charge in [-0.25, -0.2) is 4.39 Å². The van der Waals surface area contributed by atoms with Gasteiger partial charge in [0.15, 0.2) is 0 Å². The largest absolute Gasteiger partial charge is 0.388 e. The fourth-order valence-corrected chi connectivity index (χ4v) is 2.40. The molecule has 1 rings (SSSR count). The Labute approximate surface area is 118 Å². The second kappa shape index (κ2) is 8.65. The highest BCUT2D eigenvalue weighted by Gasteiger charge is 2.09. The summed E-state index contributed by atoms with van der Waals surface area (Å²) in [4.78, 5) is 0. The molecule has 102 valence electrons. The molecule has 0 aliphatic rings. The standard InChI is InChI=1S/C15H22BrFO/c1-2-3-4-5-6-7-8-15(18)12-9-10-14(17)13(16)11-12/h9-11,15,18H,2-8H2,1H3. The van der Waals surface area contributed by atoms with Crippen molar-refractivity contribution in [1.82, 2.24) is 0 Å². The zero-order chi connectivity index (χ0) is 13.4. The lowest BCUT2D eigenvalue weighted by Gasteiger charge is -2.11. The summed E-state index contributed by atoms with van der Waals surface area (Å²) in [6.45, 7) is 2.20. The molecule has 0 amide bonds. The molecule has 0 radical (unpaired) electrons. The third kappa shape index (κ3) is 5.49. The van der Waals surface area contributed by atoms with E-state index in [4.69, 9.17) is 0 Å². The lowest BCUT2D eigenvalue weighted by atomic mass is 10.0. The molecule has 18 heavy (non-hydrogen) atoms. The van der Waals surface area contributed by atoms with Crippen molar-refractivity contribution in [3.05, 3.63) is 34.1 Å². The fourth-order valence-electron chi connectivity index (χ4n) is 2.00. The monoisotopic (exact) mass is 316 g/mol. The summed E-state index contributed by atoms with van der Waals surface area (Å²) in [5.41, 5.74) is 0.789. The summed E-state index contributed by atoms with van der Waals surface area (Å²) in [5.74, 6) is -0.287. The van der Waals surface area contributed by atoms with Gasteiger partial charge in [0.1, 0.15) is 5.82 Å². The van der Waals surface area contributed by atoms with Crippen LogP contribution in [0.1, 0.15) is 63.5 Å². The van der Waals surface area contributed by atoms with Crippen molar-refractivity contribution in [3.8, 4) is 0 Å². The lowest BCUT2D eigenvalue weighted by Crippen LogP contribution is -1.98. The van der Waals surface area contributed by atoms with Crippen LogP contribution in [0.25, 0.3) is 0 Å². The molecular weight excluding hydrogens is 295 g/mol. The van der Waals surface area contributed by atoms with E-state index in [2.05, 4.69) is 22.9 Å². The van der Waals surface area contributed by atoms with Crippen molar-refractivity contribution in [1.29, 1.82) is 0 Å². The van der Waals surface area contributed by atoms with Crippen LogP contribution in [0.5, 0.6) is 0 Å². The van der Waals surface area contributed by atoms with Crippen molar-refractivity contribution < 1.29 is 9.50 Å². The Hall–Kier alpha value is -0.410. The third-order valence-electron chi connectivity index (χ3n) is 3.16. The Morgan fingerprint density at radius 2 is 1.83 bits per heavy atom. The molecule has 0 aliphatic heterocycles. The summed E-state index contributed by atoms with van der Waals surface area (Å²) in [6.07, 6.45) is 7.55. The van der Waals surface area contributed by atoms with Gasteiger partial charge in [0.2, 0.25) is 0 Å². The first kappa shape index (κ1) is 15.6. The molecule has 0 aromatic heterocycles. The SMILES string of the molecule is CCCCCCCCC(O)c1ccc(F)c(Br)c1. The highest BCUT2D eigenvalue weighted by Crippen LogP contribution is 2.24. The number of rotatable bonds is 8. The molecule has 0 aliphatic carbocycles. The van der Waals surface area contributed by atoms with Crippen LogP contribution in [0, 0.1) is 5.82 Å². The van der Waals surface area contributed by atoms with Gasteiger partial charge < -0.3 is 5.11 Å². The predicted molar refractivity (Wildman–Crippen MR) is 77.1 cm³/mol. The normalized spacial score (nSPS) is 12.7. The van der Waals surface area contributed by atoms with Gasteiger partial charge in [-0.1, -0.05) is 51.5 Å². The van der Waals surface area contributed by atoms with E-state index in [9.17, 15) is 9.50 Å². The number of hydrogen-bond acceptors (Lipinski definition) is 1. The average molecular weight is 317 g/mol. The quantitative estimate of drug-likeness (QED) is 0.639. The van der Waals surface area contributed by atoms with Crippen LogP contribution < -0.4 is 0 Å². The van der Waals surface area contributed by atoms with Crippen molar-refractivity contribution >= 4 is 15.9 Å². The van der Waals surface area contributed by atoms with E-state index in [1.165, 1.54) is 38.2 Å². The maximum absolute atomic E-state index is 13.1. The third-order valence-corrected chi connectivity index (χ3v) is 3.77. The van der Waals surface area contributed by atoms with Crippen LogP contribution in [-0.4, -0.2) is 5.11 Å². The van der Waals surface area contributed by atoms with Gasteiger partial charge in [0.25, 0.3) is 0 Å². The predicted octanol–water partition coefficient (Wildman–Crippen LogP) is 5.37. The fraction of sp³-hybridized carbons (Fsp3) is 0.600. The van der Waals surface area contributed by atoms with E-state index in [0.29, 0.717) is 4.47 Å². The Morgan fingerprint density at radius 1 is 1.17 bits per heavy atom. The summed E-state index contributed by atoms with van der Waals surface area (Å²) in [7, 11) is 0. The van der Waals surface area contributed by atoms with Gasteiger partial charge >= 0.3 is 0 Å². The van der Waals surface area contributed by atoms with Gasteiger partial charge in [-0.2, -0.15) is 0 Å². The minimum absolute atomic E-state index is 0.287. The Morgan fingerprint density at radius 3 is 2.50 bits per heavy atom. The smallest absolute Gasteiger partial charge is 0.137 e. The minimum Gasteiger partial charge on any atom is -0.388 e. The van der Waals surface area contributed by atoms with E-state index in [0.717, 1.165) is 18.4 Å². The Balaban J connectivity index is 2.27. The maximum Gasteiger partial charge on any atom is 0.137 e. The summed E-state index contributed by atoms with van der Waals surface area (Å²) < 4.78 is 13.5. The van der Waals surface area contributed by atoms with Crippen LogP contribution in [0.15, 0.2) is 22.7 Å². The number of benzene rings is 1. The van der Waals surface area contributed by atoms with Crippen LogP contribution in [0.2, 0.25) is 0 Å². The van der Waals surface area contributed by atoms with Crippen LogP contribution >= 0.6 is 15.9 Å². The molecule has 0 fully saturated rings. The first-order valence-electron chi connectivity index (χ1n) is 6.78. The highest BCUT2D eigenvalue weighted by atomic mass is 79.9. The second-order valence-corrected chi connectivity index (χ2v) is 5.60. The molecule has 0 bridgehead atoms. The van der Waals surface area contributed by atoms with E-state index >= 15 is 0 Å². The molecule has 1 aromatic rings. The first-order valence-corrected chi connectivity index (χ1v) is 7.57. The molecule has 1 aromatic carbocycles. The molecule has 0 spiro atoms. The number of unbranched alkanes of at least 4 members (excludes halogenated alkanes) is 5. The number of aliphatic hydroxyl groups is 1. The van der Waals surface area contributed by atoms with Gasteiger partial charge in [-0.05, 0) is 40.0 Å². The van der Waals surface area contributed by atoms with E-state index < -0.39 is 6.10 Å². The van der Waals surface area contributed by atoms with Crippen molar-refractivity contribution in [2.24, 2.45) is 0 Å². The Kier molecular flexibility index (Phi) is 7.52. The van der Waals surface area contributed by atoms with Gasteiger partial charge in [0.05, 0.1) is 10.6 Å².